The van der Waals surface area contributed by atoms with Crippen molar-refractivity contribution in [3.05, 3.63) is 103 Å². The molecule has 0 atom stereocenters. The second-order valence-corrected chi connectivity index (χ2v) is 7.79. The minimum Gasteiger partial charge on any atom is -0.496 e. The normalized spacial score (nSPS) is 10.8. The van der Waals surface area contributed by atoms with Gasteiger partial charge in [0.1, 0.15) is 17.1 Å². The van der Waals surface area contributed by atoms with Gasteiger partial charge in [0.15, 0.2) is 0 Å². The molecule has 39 heavy (non-hydrogen) atoms. The largest absolute Gasteiger partial charge is 0.542 e. The summed E-state index contributed by atoms with van der Waals surface area (Å²) in [5.74, 6) is 2.04. The first-order valence-corrected chi connectivity index (χ1v) is 14.5. The van der Waals surface area contributed by atoms with Gasteiger partial charge in [-0.25, -0.2) is 4.57 Å². The highest BCUT2D eigenvalue weighted by Crippen LogP contribution is 2.45. The van der Waals surface area contributed by atoms with E-state index < -0.39 is 0 Å². The van der Waals surface area contributed by atoms with Crippen LogP contribution in [0.15, 0.2) is 97.2 Å². The Labute approximate surface area is 239 Å². The molecule has 208 valence electrons. The number of pyridine rings is 1. The van der Waals surface area contributed by atoms with Crippen LogP contribution >= 0.6 is 0 Å². The van der Waals surface area contributed by atoms with Crippen LogP contribution in [0, 0.1) is 6.92 Å². The topological polar surface area (TPSA) is 19.6 Å². The fraction of sp³-hybridized carbons (Fsp3) is 0.324. The monoisotopic (exact) mass is 526 g/mol. The summed E-state index contributed by atoms with van der Waals surface area (Å²) < 4.78 is 7.87. The molecule has 0 fully saturated rings. The van der Waals surface area contributed by atoms with Gasteiger partial charge in [0, 0.05) is 11.3 Å². The molecule has 5 heteroatoms. The molecule has 4 nitrogen and oxygen atoms in total. The van der Waals surface area contributed by atoms with Gasteiger partial charge in [-0.15, -0.1) is 0 Å². The summed E-state index contributed by atoms with van der Waals surface area (Å²) in [5.41, 5.74) is 5.81. The van der Waals surface area contributed by atoms with Gasteiger partial charge in [0.2, 0.25) is 0 Å². The third-order valence-corrected chi connectivity index (χ3v) is 5.97. The number of aromatic nitrogens is 1. The Kier molecular flexibility index (Phi) is 15.1. The van der Waals surface area contributed by atoms with Crippen LogP contribution in [0.25, 0.3) is 0 Å². The molecule has 0 aliphatic carbocycles. The Balaban J connectivity index is 0.000000874. The van der Waals surface area contributed by atoms with Gasteiger partial charge < -0.3 is 9.55 Å². The zero-order chi connectivity index (χ0) is 29.4. The van der Waals surface area contributed by atoms with Gasteiger partial charge in [-0.05, 0) is 48.8 Å². The van der Waals surface area contributed by atoms with E-state index in [1.807, 2.05) is 61.5 Å². The molecular formula is C34H49BN3O+. The summed E-state index contributed by atoms with van der Waals surface area (Å²) in [7, 11) is 3.84. The molecule has 1 aromatic heterocycles. The summed E-state index contributed by atoms with van der Waals surface area (Å²) in [4.78, 5) is 4.85. The first-order chi connectivity index (χ1) is 19.2. The van der Waals surface area contributed by atoms with Crippen LogP contribution < -0.4 is 24.4 Å². The van der Waals surface area contributed by atoms with Crippen molar-refractivity contribution in [2.24, 2.45) is 7.05 Å². The van der Waals surface area contributed by atoms with E-state index in [2.05, 4.69) is 119 Å². The minimum atomic E-state index is -0.0296. The molecule has 0 saturated heterocycles. The molecule has 4 aromatic rings. The number of fused-ring (bicyclic) bond motifs is 1. The Bertz CT molecular complexity index is 1220. The number of benzene rings is 3. The highest BCUT2D eigenvalue weighted by atomic mass is 16.5. The van der Waals surface area contributed by atoms with Crippen molar-refractivity contribution in [3.63, 3.8) is 0 Å². The lowest BCUT2D eigenvalue weighted by atomic mass is 9.64. The lowest BCUT2D eigenvalue weighted by Gasteiger charge is -2.25. The Morgan fingerprint density at radius 1 is 0.615 bits per heavy atom. The van der Waals surface area contributed by atoms with Crippen LogP contribution in [-0.2, 0) is 7.05 Å². The van der Waals surface area contributed by atoms with Gasteiger partial charge in [0.05, 0.1) is 20.4 Å². The van der Waals surface area contributed by atoms with Crippen LogP contribution in [0.5, 0.6) is 5.75 Å². The van der Waals surface area contributed by atoms with Gasteiger partial charge in [-0.1, -0.05) is 110 Å². The molecule has 0 saturated carbocycles. The van der Waals surface area contributed by atoms with E-state index in [0.29, 0.717) is 0 Å². The lowest BCUT2D eigenvalue weighted by molar-refractivity contribution is -0.657. The zero-order valence-corrected chi connectivity index (χ0v) is 26.1. The predicted octanol–water partition coefficient (Wildman–Crippen LogP) is 8.62. The number of ether oxygens (including phenoxy) is 1. The van der Waals surface area contributed by atoms with Crippen molar-refractivity contribution in [1.29, 1.82) is 0 Å². The molecule has 0 amide bonds. The lowest BCUT2D eigenvalue weighted by Crippen LogP contribution is -2.54. The summed E-state index contributed by atoms with van der Waals surface area (Å²) in [5, 5.41) is 0. The molecule has 0 spiro atoms. The number of aryl methyl sites for hydroxylation is 1. The Morgan fingerprint density at radius 3 is 1.72 bits per heavy atom. The second-order valence-electron chi connectivity index (χ2n) is 7.79. The number of hydrogen-bond acceptors (Lipinski definition) is 3. The van der Waals surface area contributed by atoms with Crippen molar-refractivity contribution in [2.75, 3.05) is 16.7 Å². The fourth-order valence-corrected chi connectivity index (χ4v) is 4.56. The number of rotatable bonds is 4. The highest BCUT2D eigenvalue weighted by molar-refractivity contribution is 6.84. The molecule has 0 radical (unpaired) electrons. The van der Waals surface area contributed by atoms with E-state index in [4.69, 9.17) is 4.74 Å². The van der Waals surface area contributed by atoms with Crippen molar-refractivity contribution < 1.29 is 9.30 Å². The summed E-state index contributed by atoms with van der Waals surface area (Å²) in [6, 6.07) is 31.9. The molecule has 3 aromatic carbocycles. The van der Waals surface area contributed by atoms with Gasteiger partial charge in [0.25, 0.3) is 5.82 Å². The van der Waals surface area contributed by atoms with Crippen LogP contribution in [0.3, 0.4) is 0 Å². The molecule has 0 N–H and O–H groups in total. The van der Waals surface area contributed by atoms with Gasteiger partial charge >= 0.3 is 6.98 Å². The smallest absolute Gasteiger partial charge is 0.496 e. The second kappa shape index (κ2) is 17.7. The van der Waals surface area contributed by atoms with E-state index >= 15 is 0 Å². The summed E-state index contributed by atoms with van der Waals surface area (Å²) in [6.07, 6.45) is 2.11. The van der Waals surface area contributed by atoms with Crippen molar-refractivity contribution in [2.45, 2.75) is 62.3 Å². The average molecular weight is 527 g/mol. The fourth-order valence-electron chi connectivity index (χ4n) is 4.56. The molecular weight excluding hydrogens is 477 g/mol. The molecule has 1 aliphatic rings. The van der Waals surface area contributed by atoms with Crippen LogP contribution in [0.1, 0.15) is 61.0 Å². The predicted molar refractivity (Wildman–Crippen MR) is 173 cm³/mol. The minimum absolute atomic E-state index is 0.0296. The average Bonchev–Trinajstić information content (AvgIpc) is 3.38. The van der Waals surface area contributed by atoms with E-state index in [-0.39, 0.29) is 6.98 Å². The number of hydrogen-bond donors (Lipinski definition) is 0. The number of nitrogens with zero attached hydrogens (tertiary/aromatic N) is 3. The molecule has 1 aliphatic heterocycles. The molecule has 0 unspecified atom stereocenters. The summed E-state index contributed by atoms with van der Waals surface area (Å²) in [6.45, 7) is 18.1. The van der Waals surface area contributed by atoms with Crippen LogP contribution in [-0.4, -0.2) is 14.1 Å². The van der Waals surface area contributed by atoms with Crippen molar-refractivity contribution >= 4 is 35.3 Å². The molecule has 2 heterocycles. The third-order valence-electron chi connectivity index (χ3n) is 5.97. The Morgan fingerprint density at radius 2 is 1.15 bits per heavy atom. The first kappa shape index (κ1) is 33.3. The van der Waals surface area contributed by atoms with Crippen LogP contribution in [0.2, 0.25) is 0 Å². The standard InChI is InChI=1S/C26H25BN3O.4C2H6/c1-20-23(16-10-18-25(20)31-3)30-26-24(17-11-19-28(26)2)29(22-14-8-5-9-15-22)27(30)21-12-6-4-7-13-21;4*1-2/h4-19H,1-3H3;4*1-2H3/q+1;;;;. The van der Waals surface area contributed by atoms with Gasteiger partial charge in [-0.2, -0.15) is 0 Å². The number of para-hydroxylation sites is 1. The van der Waals surface area contributed by atoms with Crippen LogP contribution in [0.4, 0.5) is 22.9 Å². The maximum atomic E-state index is 5.67. The van der Waals surface area contributed by atoms with Crippen molar-refractivity contribution in [3.8, 4) is 5.75 Å². The van der Waals surface area contributed by atoms with Crippen molar-refractivity contribution in [1.82, 2.24) is 0 Å². The zero-order valence-electron chi connectivity index (χ0n) is 26.1. The molecule has 0 bridgehead atoms. The van der Waals surface area contributed by atoms with E-state index in [9.17, 15) is 0 Å². The van der Waals surface area contributed by atoms with E-state index in [0.717, 1.165) is 28.5 Å². The number of anilines is 4. The third kappa shape index (κ3) is 7.23. The maximum Gasteiger partial charge on any atom is 0.542 e. The Hall–Kier alpha value is -3.73. The highest BCUT2D eigenvalue weighted by Gasteiger charge is 2.52. The number of methoxy groups -OCH3 is 1. The summed E-state index contributed by atoms with van der Waals surface area (Å²) >= 11 is 0. The first-order valence-electron chi connectivity index (χ1n) is 14.5. The maximum absolute atomic E-state index is 5.67. The van der Waals surface area contributed by atoms with E-state index in [1.165, 1.54) is 11.2 Å². The quantitative estimate of drug-likeness (QED) is 0.196. The van der Waals surface area contributed by atoms with E-state index in [1.54, 1.807) is 7.11 Å². The SMILES string of the molecule is CC.CC.CC.CC.COc1cccc(N2B(c3ccccc3)N(c3ccccc3)c3ccc[n+](C)c32)c1C. The molecule has 5 rings (SSSR count). The van der Waals surface area contributed by atoms with Gasteiger partial charge in [-0.3, -0.25) is 4.81 Å².